The van der Waals surface area contributed by atoms with Crippen molar-refractivity contribution >= 4 is 11.7 Å². The lowest BCUT2D eigenvalue weighted by atomic mass is 10.0. The summed E-state index contributed by atoms with van der Waals surface area (Å²) in [6.07, 6.45) is 4.37. The van der Waals surface area contributed by atoms with Crippen LogP contribution in [0.1, 0.15) is 35.6 Å². The molecule has 1 saturated heterocycles. The van der Waals surface area contributed by atoms with E-state index in [1.807, 2.05) is 24.3 Å². The molecule has 31 heavy (non-hydrogen) atoms. The second-order valence-corrected chi connectivity index (χ2v) is 8.55. The summed E-state index contributed by atoms with van der Waals surface area (Å²) in [4.78, 5) is 17.3. The van der Waals surface area contributed by atoms with E-state index in [2.05, 4.69) is 45.7 Å². The number of fused-ring (bicyclic) bond motifs is 1. The van der Waals surface area contributed by atoms with E-state index in [4.69, 9.17) is 4.74 Å². The van der Waals surface area contributed by atoms with Crippen LogP contribution in [0, 0.1) is 0 Å². The summed E-state index contributed by atoms with van der Waals surface area (Å²) in [5, 5.41) is 6.12. The molecule has 0 bridgehead atoms. The fourth-order valence-electron chi connectivity index (χ4n) is 4.67. The fourth-order valence-corrected chi connectivity index (χ4v) is 4.67. The van der Waals surface area contributed by atoms with Crippen molar-refractivity contribution in [2.75, 3.05) is 51.8 Å². The van der Waals surface area contributed by atoms with E-state index in [1.165, 1.54) is 35.2 Å². The summed E-state index contributed by atoms with van der Waals surface area (Å²) < 4.78 is 5.19. The van der Waals surface area contributed by atoms with Gasteiger partial charge in [0.1, 0.15) is 5.75 Å². The van der Waals surface area contributed by atoms with Crippen LogP contribution >= 0.6 is 0 Å². The van der Waals surface area contributed by atoms with Crippen LogP contribution in [-0.2, 0) is 12.8 Å². The molecule has 1 fully saturated rings. The van der Waals surface area contributed by atoms with E-state index in [0.29, 0.717) is 13.1 Å². The molecule has 0 aromatic heterocycles. The maximum absolute atomic E-state index is 12.4. The van der Waals surface area contributed by atoms with E-state index in [-0.39, 0.29) is 12.1 Å². The Kier molecular flexibility index (Phi) is 6.97. The minimum atomic E-state index is -0.0985. The lowest BCUT2D eigenvalue weighted by Crippen LogP contribution is -2.42. The zero-order valence-electron chi connectivity index (χ0n) is 18.7. The Morgan fingerprint density at radius 3 is 2.58 bits per heavy atom. The van der Waals surface area contributed by atoms with Crippen LogP contribution in [0.2, 0.25) is 0 Å². The SMILES string of the molecule is COc1ccc(CCNC(=O)NCC(c2ccc3c(c2)CCN3C)N2CCCC2)cc1. The van der Waals surface area contributed by atoms with Crippen molar-refractivity contribution in [3.05, 3.63) is 59.2 Å². The van der Waals surface area contributed by atoms with Crippen LogP contribution in [-0.4, -0.2) is 57.8 Å². The number of nitrogens with zero attached hydrogens (tertiary/aromatic N) is 2. The molecule has 1 atom stereocenters. The van der Waals surface area contributed by atoms with Crippen LogP contribution < -0.4 is 20.3 Å². The summed E-state index contributed by atoms with van der Waals surface area (Å²) in [7, 11) is 3.82. The molecule has 0 saturated carbocycles. The van der Waals surface area contributed by atoms with Gasteiger partial charge in [-0.05, 0) is 73.7 Å². The average molecular weight is 423 g/mol. The fraction of sp³-hybridized carbons (Fsp3) is 0.480. The number of likely N-dealkylation sites (N-methyl/N-ethyl adjacent to an activating group) is 1. The van der Waals surface area contributed by atoms with Gasteiger partial charge in [0, 0.05) is 32.4 Å². The molecular weight excluding hydrogens is 388 g/mol. The molecule has 6 nitrogen and oxygen atoms in total. The number of methoxy groups -OCH3 is 1. The molecule has 2 aliphatic heterocycles. The van der Waals surface area contributed by atoms with Gasteiger partial charge in [-0.15, -0.1) is 0 Å². The first-order valence-electron chi connectivity index (χ1n) is 11.4. The van der Waals surface area contributed by atoms with E-state index >= 15 is 0 Å². The number of nitrogens with one attached hydrogen (secondary N) is 2. The van der Waals surface area contributed by atoms with Crippen molar-refractivity contribution in [1.82, 2.24) is 15.5 Å². The summed E-state index contributed by atoms with van der Waals surface area (Å²) in [5.74, 6) is 0.848. The molecule has 2 amide bonds. The van der Waals surface area contributed by atoms with Gasteiger partial charge in [0.15, 0.2) is 0 Å². The van der Waals surface area contributed by atoms with Crippen LogP contribution in [0.4, 0.5) is 10.5 Å². The minimum Gasteiger partial charge on any atom is -0.497 e. The van der Waals surface area contributed by atoms with Crippen LogP contribution in [0.5, 0.6) is 5.75 Å². The summed E-state index contributed by atoms with van der Waals surface area (Å²) >= 11 is 0. The van der Waals surface area contributed by atoms with Gasteiger partial charge >= 0.3 is 6.03 Å². The highest BCUT2D eigenvalue weighted by Crippen LogP contribution is 2.32. The van der Waals surface area contributed by atoms with Gasteiger partial charge in [-0.2, -0.15) is 0 Å². The van der Waals surface area contributed by atoms with Gasteiger partial charge in [-0.1, -0.05) is 24.3 Å². The Morgan fingerprint density at radius 1 is 1.06 bits per heavy atom. The van der Waals surface area contributed by atoms with Crippen molar-refractivity contribution in [3.63, 3.8) is 0 Å². The van der Waals surface area contributed by atoms with Crippen molar-refractivity contribution in [2.45, 2.75) is 31.7 Å². The number of carbonyl (C=O) groups is 1. The van der Waals surface area contributed by atoms with Crippen molar-refractivity contribution in [2.24, 2.45) is 0 Å². The predicted molar refractivity (Wildman–Crippen MR) is 125 cm³/mol. The Hall–Kier alpha value is -2.73. The Morgan fingerprint density at radius 2 is 1.84 bits per heavy atom. The van der Waals surface area contributed by atoms with Crippen LogP contribution in [0.3, 0.4) is 0 Å². The van der Waals surface area contributed by atoms with Crippen molar-refractivity contribution < 1.29 is 9.53 Å². The van der Waals surface area contributed by atoms with Crippen LogP contribution in [0.25, 0.3) is 0 Å². The maximum atomic E-state index is 12.4. The van der Waals surface area contributed by atoms with Gasteiger partial charge in [0.25, 0.3) is 0 Å². The monoisotopic (exact) mass is 422 g/mol. The first-order valence-corrected chi connectivity index (χ1v) is 11.4. The van der Waals surface area contributed by atoms with E-state index in [1.54, 1.807) is 7.11 Å². The molecule has 2 aromatic rings. The van der Waals surface area contributed by atoms with Crippen molar-refractivity contribution in [3.8, 4) is 5.75 Å². The molecule has 2 aromatic carbocycles. The van der Waals surface area contributed by atoms with Gasteiger partial charge in [-0.3, -0.25) is 4.90 Å². The largest absolute Gasteiger partial charge is 0.497 e. The molecule has 2 N–H and O–H groups in total. The number of hydrogen-bond donors (Lipinski definition) is 2. The molecule has 0 spiro atoms. The number of ether oxygens (including phenoxy) is 1. The highest BCUT2D eigenvalue weighted by Gasteiger charge is 2.26. The number of carbonyl (C=O) groups excluding carboxylic acids is 1. The van der Waals surface area contributed by atoms with E-state index < -0.39 is 0 Å². The van der Waals surface area contributed by atoms with Gasteiger partial charge < -0.3 is 20.3 Å². The summed E-state index contributed by atoms with van der Waals surface area (Å²) in [6.45, 7) is 4.52. The smallest absolute Gasteiger partial charge is 0.314 e. The molecule has 6 heteroatoms. The highest BCUT2D eigenvalue weighted by molar-refractivity contribution is 5.73. The highest BCUT2D eigenvalue weighted by atomic mass is 16.5. The third kappa shape index (κ3) is 5.31. The normalized spacial score (nSPS) is 16.8. The van der Waals surface area contributed by atoms with E-state index in [0.717, 1.165) is 38.2 Å². The number of benzene rings is 2. The van der Waals surface area contributed by atoms with Gasteiger partial charge in [0.2, 0.25) is 0 Å². The zero-order chi connectivity index (χ0) is 21.6. The standard InChI is InChI=1S/C25H34N4O2/c1-28-16-12-21-17-20(7-10-23(21)28)24(29-14-3-4-15-29)18-27-25(30)26-13-11-19-5-8-22(31-2)9-6-19/h5-10,17,24H,3-4,11-16,18H2,1-2H3,(H2,26,27,30). The molecular formula is C25H34N4O2. The maximum Gasteiger partial charge on any atom is 0.314 e. The predicted octanol–water partition coefficient (Wildman–Crippen LogP) is 3.37. The summed E-state index contributed by atoms with van der Waals surface area (Å²) in [6, 6.07) is 14.9. The topological polar surface area (TPSA) is 56.8 Å². The molecule has 0 aliphatic carbocycles. The third-order valence-electron chi connectivity index (χ3n) is 6.51. The minimum absolute atomic E-state index is 0.0985. The summed E-state index contributed by atoms with van der Waals surface area (Å²) in [5.41, 5.74) is 5.26. The molecule has 0 radical (unpaired) electrons. The number of amides is 2. The lowest BCUT2D eigenvalue weighted by Gasteiger charge is -2.29. The van der Waals surface area contributed by atoms with E-state index in [9.17, 15) is 4.79 Å². The molecule has 166 valence electrons. The molecule has 4 rings (SSSR count). The average Bonchev–Trinajstić information content (AvgIpc) is 3.45. The van der Waals surface area contributed by atoms with Crippen molar-refractivity contribution in [1.29, 1.82) is 0 Å². The molecule has 2 aliphatic rings. The number of urea groups is 1. The second-order valence-electron chi connectivity index (χ2n) is 8.55. The second kappa shape index (κ2) is 10.1. The van der Waals surface area contributed by atoms with Gasteiger partial charge in [0.05, 0.1) is 13.2 Å². The van der Waals surface area contributed by atoms with Crippen LogP contribution in [0.15, 0.2) is 42.5 Å². The Bertz CT molecular complexity index is 878. The zero-order valence-corrected chi connectivity index (χ0v) is 18.7. The number of likely N-dealkylation sites (tertiary alicyclic amines) is 1. The lowest BCUT2D eigenvalue weighted by molar-refractivity contribution is 0.221. The number of anilines is 1. The first-order chi connectivity index (χ1) is 15.1. The molecule has 1 unspecified atom stereocenters. The first kappa shape index (κ1) is 21.5. The Labute approximate surface area is 185 Å². The number of hydrogen-bond acceptors (Lipinski definition) is 4. The van der Waals surface area contributed by atoms with Gasteiger partial charge in [-0.25, -0.2) is 4.79 Å². The molecule has 2 heterocycles. The number of rotatable bonds is 8. The Balaban J connectivity index is 1.31. The quantitative estimate of drug-likeness (QED) is 0.685. The third-order valence-corrected chi connectivity index (χ3v) is 6.51.